The van der Waals surface area contributed by atoms with E-state index in [2.05, 4.69) is 10.5 Å². The monoisotopic (exact) mass is 439 g/mol. The van der Waals surface area contributed by atoms with Gasteiger partial charge in [0.15, 0.2) is 11.9 Å². The molecule has 30 heavy (non-hydrogen) atoms. The summed E-state index contributed by atoms with van der Waals surface area (Å²) in [5, 5.41) is 6.21. The number of amides is 2. The number of aryl methyl sites for hydroxylation is 1. The first-order valence-corrected chi connectivity index (χ1v) is 10.7. The van der Waals surface area contributed by atoms with Gasteiger partial charge in [-0.25, -0.2) is 12.8 Å². The van der Waals surface area contributed by atoms with Crippen LogP contribution in [-0.2, 0) is 14.8 Å². The Kier molecular flexibility index (Phi) is 6.48. The van der Waals surface area contributed by atoms with Gasteiger partial charge in [0, 0.05) is 32.2 Å². The standard InChI is InChI=1S/C18H22FN5O5S/c1-12-11-15(22-29-12)18(26)23-9-2-10-24(17(23)16(25)21-8-7-20)30(27,28)14-5-3-13(19)4-6-14/h3-6,11,17H,2,7-10,20H2,1H3,(H,21,25). The van der Waals surface area contributed by atoms with Crippen molar-refractivity contribution in [3.63, 3.8) is 0 Å². The number of aromatic nitrogens is 1. The van der Waals surface area contributed by atoms with Crippen molar-refractivity contribution in [2.45, 2.75) is 24.4 Å². The normalized spacial score (nSPS) is 17.7. The molecule has 1 aromatic heterocycles. The fourth-order valence-corrected chi connectivity index (χ4v) is 4.77. The number of nitrogens with zero attached hydrogens (tertiary/aromatic N) is 3. The highest BCUT2D eigenvalue weighted by Crippen LogP contribution is 2.26. The van der Waals surface area contributed by atoms with E-state index in [1.807, 2.05) is 0 Å². The fraction of sp³-hybridized carbons (Fsp3) is 0.389. The molecular formula is C18H22FN5O5S. The Morgan fingerprint density at radius 1 is 1.30 bits per heavy atom. The average Bonchev–Trinajstić information content (AvgIpc) is 3.17. The Balaban J connectivity index is 2.00. The van der Waals surface area contributed by atoms with Gasteiger partial charge < -0.3 is 20.5 Å². The van der Waals surface area contributed by atoms with Crippen molar-refractivity contribution in [2.75, 3.05) is 26.2 Å². The molecule has 12 heteroatoms. The number of nitrogens with one attached hydrogen (secondary N) is 1. The van der Waals surface area contributed by atoms with Gasteiger partial charge in [-0.15, -0.1) is 0 Å². The van der Waals surface area contributed by atoms with E-state index in [-0.39, 0.29) is 36.8 Å². The Hall–Kier alpha value is -2.83. The van der Waals surface area contributed by atoms with Crippen molar-refractivity contribution >= 4 is 21.8 Å². The van der Waals surface area contributed by atoms with E-state index in [4.69, 9.17) is 10.3 Å². The molecule has 1 atom stereocenters. The summed E-state index contributed by atoms with van der Waals surface area (Å²) >= 11 is 0. The number of carbonyl (C=O) groups excluding carboxylic acids is 2. The largest absolute Gasteiger partial charge is 0.361 e. The Bertz CT molecular complexity index is 1020. The van der Waals surface area contributed by atoms with Gasteiger partial charge in [-0.3, -0.25) is 9.59 Å². The van der Waals surface area contributed by atoms with Gasteiger partial charge in [0.25, 0.3) is 11.8 Å². The second-order valence-corrected chi connectivity index (χ2v) is 8.59. The molecule has 0 saturated carbocycles. The molecule has 0 spiro atoms. The summed E-state index contributed by atoms with van der Waals surface area (Å²) in [6.07, 6.45) is -1.16. The summed E-state index contributed by atoms with van der Waals surface area (Å²) in [7, 11) is -4.20. The van der Waals surface area contributed by atoms with Crippen molar-refractivity contribution < 1.29 is 26.9 Å². The molecule has 2 amide bonds. The lowest BCUT2D eigenvalue weighted by Crippen LogP contribution is -2.63. The highest BCUT2D eigenvalue weighted by atomic mass is 32.2. The predicted molar refractivity (Wildman–Crippen MR) is 103 cm³/mol. The van der Waals surface area contributed by atoms with Gasteiger partial charge in [-0.1, -0.05) is 5.16 Å². The van der Waals surface area contributed by atoms with E-state index in [1.54, 1.807) is 6.92 Å². The van der Waals surface area contributed by atoms with Crippen LogP contribution in [0.4, 0.5) is 4.39 Å². The molecule has 3 N–H and O–H groups in total. The number of halogens is 1. The lowest BCUT2D eigenvalue weighted by atomic mass is 10.2. The number of carbonyl (C=O) groups is 2. The van der Waals surface area contributed by atoms with E-state index in [1.165, 1.54) is 6.07 Å². The smallest absolute Gasteiger partial charge is 0.277 e. The molecule has 3 rings (SSSR count). The van der Waals surface area contributed by atoms with Crippen LogP contribution in [0.15, 0.2) is 39.8 Å². The third-order valence-corrected chi connectivity index (χ3v) is 6.42. The van der Waals surface area contributed by atoms with Gasteiger partial charge >= 0.3 is 0 Å². The zero-order valence-electron chi connectivity index (χ0n) is 16.2. The summed E-state index contributed by atoms with van der Waals surface area (Å²) in [4.78, 5) is 26.8. The van der Waals surface area contributed by atoms with E-state index < -0.39 is 33.8 Å². The fourth-order valence-electron chi connectivity index (χ4n) is 3.18. The summed E-state index contributed by atoms with van der Waals surface area (Å²) in [5.74, 6) is -1.53. The highest BCUT2D eigenvalue weighted by Gasteiger charge is 2.44. The van der Waals surface area contributed by atoms with Gasteiger partial charge in [0.2, 0.25) is 10.0 Å². The maximum absolute atomic E-state index is 13.3. The number of nitrogens with two attached hydrogens (primary N) is 1. The first-order chi connectivity index (χ1) is 14.3. The van der Waals surface area contributed by atoms with Crippen LogP contribution in [0.5, 0.6) is 0 Å². The Morgan fingerprint density at radius 3 is 2.60 bits per heavy atom. The van der Waals surface area contributed by atoms with E-state index in [9.17, 15) is 22.4 Å². The molecule has 10 nitrogen and oxygen atoms in total. The lowest BCUT2D eigenvalue weighted by molar-refractivity contribution is -0.130. The molecule has 1 aliphatic rings. The van der Waals surface area contributed by atoms with Crippen LogP contribution in [0, 0.1) is 12.7 Å². The maximum Gasteiger partial charge on any atom is 0.277 e. The summed E-state index contributed by atoms with van der Waals surface area (Å²) < 4.78 is 45.6. The summed E-state index contributed by atoms with van der Waals surface area (Å²) in [5.41, 5.74) is 5.40. The van der Waals surface area contributed by atoms with Gasteiger partial charge in [-0.05, 0) is 37.6 Å². The predicted octanol–water partition coefficient (Wildman–Crippen LogP) is 0.0599. The molecule has 1 saturated heterocycles. The number of sulfonamides is 1. The minimum atomic E-state index is -4.20. The van der Waals surface area contributed by atoms with Crippen molar-refractivity contribution in [1.82, 2.24) is 19.7 Å². The molecule has 0 aliphatic carbocycles. The number of hydrogen-bond donors (Lipinski definition) is 2. The molecule has 1 fully saturated rings. The Morgan fingerprint density at radius 2 is 2.00 bits per heavy atom. The minimum absolute atomic E-state index is 0.00203. The molecule has 1 aromatic carbocycles. The quantitative estimate of drug-likeness (QED) is 0.649. The number of benzene rings is 1. The molecule has 1 unspecified atom stereocenters. The minimum Gasteiger partial charge on any atom is -0.361 e. The van der Waals surface area contributed by atoms with E-state index >= 15 is 0 Å². The zero-order valence-corrected chi connectivity index (χ0v) is 17.1. The number of hydrogen-bond acceptors (Lipinski definition) is 7. The first kappa shape index (κ1) is 21.9. The molecule has 2 heterocycles. The Labute approximate surface area is 172 Å². The van der Waals surface area contributed by atoms with E-state index in [0.717, 1.165) is 33.5 Å². The van der Waals surface area contributed by atoms with Gasteiger partial charge in [0.1, 0.15) is 11.6 Å². The third kappa shape index (κ3) is 4.35. The van der Waals surface area contributed by atoms with Crippen molar-refractivity contribution in [3.05, 3.63) is 47.6 Å². The second kappa shape index (κ2) is 8.90. The second-order valence-electron chi connectivity index (χ2n) is 6.70. The maximum atomic E-state index is 13.3. The van der Waals surface area contributed by atoms with Gasteiger partial charge in [0.05, 0.1) is 4.90 Å². The topological polar surface area (TPSA) is 139 Å². The van der Waals surface area contributed by atoms with Gasteiger partial charge in [-0.2, -0.15) is 4.31 Å². The first-order valence-electron chi connectivity index (χ1n) is 9.25. The summed E-state index contributed by atoms with van der Waals surface area (Å²) in [6, 6.07) is 5.66. The van der Waals surface area contributed by atoms with Crippen LogP contribution in [0.2, 0.25) is 0 Å². The van der Waals surface area contributed by atoms with Crippen LogP contribution in [0.3, 0.4) is 0 Å². The van der Waals surface area contributed by atoms with Crippen molar-refractivity contribution in [1.29, 1.82) is 0 Å². The molecule has 0 radical (unpaired) electrons. The van der Waals surface area contributed by atoms with Crippen LogP contribution in [-0.4, -0.2) is 66.9 Å². The van der Waals surface area contributed by atoms with E-state index in [0.29, 0.717) is 12.2 Å². The third-order valence-electron chi connectivity index (χ3n) is 4.55. The van der Waals surface area contributed by atoms with Crippen LogP contribution in [0.25, 0.3) is 0 Å². The molecule has 162 valence electrons. The lowest BCUT2D eigenvalue weighted by Gasteiger charge is -2.41. The SMILES string of the molecule is Cc1cc(C(=O)N2CCCN(S(=O)(=O)c3ccc(F)cc3)C2C(=O)NCCN)no1. The summed E-state index contributed by atoms with van der Waals surface area (Å²) in [6.45, 7) is 1.99. The van der Waals surface area contributed by atoms with Crippen molar-refractivity contribution in [3.8, 4) is 0 Å². The number of rotatable bonds is 6. The van der Waals surface area contributed by atoms with Crippen LogP contribution in [0.1, 0.15) is 22.7 Å². The zero-order chi connectivity index (χ0) is 21.9. The average molecular weight is 439 g/mol. The van der Waals surface area contributed by atoms with Crippen LogP contribution >= 0.6 is 0 Å². The molecule has 0 bridgehead atoms. The molecule has 2 aromatic rings. The van der Waals surface area contributed by atoms with Crippen LogP contribution < -0.4 is 11.1 Å². The highest BCUT2D eigenvalue weighted by molar-refractivity contribution is 7.89. The van der Waals surface area contributed by atoms with Crippen molar-refractivity contribution in [2.24, 2.45) is 5.73 Å². The molecular weight excluding hydrogens is 417 g/mol. The molecule has 1 aliphatic heterocycles.